The van der Waals surface area contributed by atoms with Crippen molar-refractivity contribution in [2.24, 2.45) is 0 Å². The van der Waals surface area contributed by atoms with Crippen molar-refractivity contribution in [2.75, 3.05) is 0 Å². The summed E-state index contributed by atoms with van der Waals surface area (Å²) in [5.41, 5.74) is 0.886. The Morgan fingerprint density at radius 1 is 1.29 bits per heavy atom. The Hall–Kier alpha value is -2.47. The molecule has 1 aromatic carbocycles. The van der Waals surface area contributed by atoms with E-state index in [1.54, 1.807) is 12.1 Å². The molecule has 0 aliphatic carbocycles. The molecule has 3 aromatic rings. The van der Waals surface area contributed by atoms with Gasteiger partial charge in [0.15, 0.2) is 11.5 Å². The van der Waals surface area contributed by atoms with Gasteiger partial charge in [0.2, 0.25) is 0 Å². The largest absolute Gasteiger partial charge is 0.505 e. The lowest BCUT2D eigenvalue weighted by molar-refractivity contribution is 0.416. The van der Waals surface area contributed by atoms with Crippen LogP contribution in [0.2, 0.25) is 5.02 Å². The van der Waals surface area contributed by atoms with Gasteiger partial charge in [-0.25, -0.2) is 9.37 Å². The zero-order valence-corrected chi connectivity index (χ0v) is 11.4. The average Bonchev–Trinajstić information content (AvgIpc) is 2.91. The van der Waals surface area contributed by atoms with E-state index in [-0.39, 0.29) is 23.8 Å². The van der Waals surface area contributed by atoms with Crippen LogP contribution in [0.1, 0.15) is 11.4 Å². The third kappa shape index (κ3) is 2.85. The highest BCUT2D eigenvalue weighted by molar-refractivity contribution is 6.31. The fraction of sp³-hybridized carbons (Fsp3) is 0.0714. The molecule has 0 radical (unpaired) electrons. The number of hydrogen-bond donors (Lipinski definition) is 1. The minimum atomic E-state index is -0.407. The smallest absolute Gasteiger partial charge is 0.280 e. The molecule has 2 heterocycles. The lowest BCUT2D eigenvalue weighted by Gasteiger charge is -2.00. The van der Waals surface area contributed by atoms with E-state index in [0.717, 1.165) is 0 Å². The molecule has 106 valence electrons. The van der Waals surface area contributed by atoms with Crippen molar-refractivity contribution >= 4 is 11.6 Å². The van der Waals surface area contributed by atoms with Crippen molar-refractivity contribution in [2.45, 2.75) is 6.42 Å². The van der Waals surface area contributed by atoms with Crippen LogP contribution < -0.4 is 0 Å². The summed E-state index contributed by atoms with van der Waals surface area (Å²) < 4.78 is 18.1. The number of rotatable bonds is 3. The molecule has 7 heteroatoms. The van der Waals surface area contributed by atoms with E-state index < -0.39 is 5.82 Å². The van der Waals surface area contributed by atoms with E-state index in [9.17, 15) is 9.50 Å². The molecule has 0 spiro atoms. The molecule has 0 amide bonds. The first-order valence-corrected chi connectivity index (χ1v) is 6.42. The van der Waals surface area contributed by atoms with Crippen molar-refractivity contribution < 1.29 is 14.0 Å². The lowest BCUT2D eigenvalue weighted by Crippen LogP contribution is -1.93. The van der Waals surface area contributed by atoms with Crippen molar-refractivity contribution in [1.29, 1.82) is 0 Å². The minimum Gasteiger partial charge on any atom is -0.505 e. The van der Waals surface area contributed by atoms with E-state index in [1.807, 2.05) is 0 Å². The van der Waals surface area contributed by atoms with Gasteiger partial charge in [-0.05, 0) is 29.8 Å². The molecule has 0 saturated heterocycles. The van der Waals surface area contributed by atoms with E-state index in [0.29, 0.717) is 16.4 Å². The number of aromatic hydroxyl groups is 1. The molecule has 21 heavy (non-hydrogen) atoms. The van der Waals surface area contributed by atoms with Crippen molar-refractivity contribution in [3.8, 4) is 17.3 Å². The maximum Gasteiger partial charge on any atom is 0.280 e. The van der Waals surface area contributed by atoms with Crippen molar-refractivity contribution in [1.82, 2.24) is 15.1 Å². The molecule has 0 aliphatic heterocycles. The molecule has 2 aromatic heterocycles. The van der Waals surface area contributed by atoms with Gasteiger partial charge in [-0.3, -0.25) is 0 Å². The Labute approximate surface area is 124 Å². The van der Waals surface area contributed by atoms with Crippen LogP contribution in [0.15, 0.2) is 41.1 Å². The third-order valence-electron chi connectivity index (χ3n) is 2.82. The number of halogens is 2. The molecule has 3 rings (SSSR count). The lowest BCUT2D eigenvalue weighted by atomic mass is 10.1. The summed E-state index contributed by atoms with van der Waals surface area (Å²) in [6, 6.07) is 7.17. The molecular weight excluding hydrogens is 297 g/mol. The number of nitrogens with zero attached hydrogens (tertiary/aromatic N) is 3. The Balaban J connectivity index is 1.87. The molecule has 0 fully saturated rings. The van der Waals surface area contributed by atoms with Gasteiger partial charge in [0.1, 0.15) is 11.6 Å². The van der Waals surface area contributed by atoms with E-state index in [4.69, 9.17) is 16.1 Å². The van der Waals surface area contributed by atoms with Gasteiger partial charge < -0.3 is 9.63 Å². The summed E-state index contributed by atoms with van der Waals surface area (Å²) in [6.45, 7) is 0. The maximum atomic E-state index is 13.0. The normalized spacial score (nSPS) is 10.8. The molecule has 0 aliphatic rings. The predicted octanol–water partition coefficient (Wildman–Crippen LogP) is 3.22. The number of hydrogen-bond acceptors (Lipinski definition) is 5. The van der Waals surface area contributed by atoms with Crippen LogP contribution in [-0.4, -0.2) is 20.2 Å². The summed E-state index contributed by atoms with van der Waals surface area (Å²) in [5, 5.41) is 13.8. The first-order valence-electron chi connectivity index (χ1n) is 6.04. The predicted molar refractivity (Wildman–Crippen MR) is 73.4 cm³/mol. The Kier molecular flexibility index (Phi) is 3.53. The summed E-state index contributed by atoms with van der Waals surface area (Å²) in [5.74, 6) is 0.0216. The maximum absolute atomic E-state index is 13.0. The SMILES string of the molecule is Oc1cccnc1-c1nc(Cc2ccc(F)cc2Cl)no1. The van der Waals surface area contributed by atoms with Crippen LogP contribution in [0.3, 0.4) is 0 Å². The standard InChI is InChI=1S/C14H9ClFN3O2/c15-10-7-9(16)4-3-8(10)6-12-18-14(21-19-12)13-11(20)2-1-5-17-13/h1-5,7,20H,6H2. The van der Waals surface area contributed by atoms with Crippen LogP contribution in [0.5, 0.6) is 5.75 Å². The zero-order valence-electron chi connectivity index (χ0n) is 10.6. The average molecular weight is 306 g/mol. The molecule has 0 bridgehead atoms. The minimum absolute atomic E-state index is 0.0486. The second kappa shape index (κ2) is 5.49. The molecule has 5 nitrogen and oxygen atoms in total. The van der Waals surface area contributed by atoms with Crippen molar-refractivity contribution in [3.05, 3.63) is 58.8 Å². The Bertz CT molecular complexity index is 791. The van der Waals surface area contributed by atoms with Gasteiger partial charge in [0, 0.05) is 17.6 Å². The van der Waals surface area contributed by atoms with Gasteiger partial charge >= 0.3 is 0 Å². The topological polar surface area (TPSA) is 72.0 Å². The molecular formula is C14H9ClFN3O2. The fourth-order valence-electron chi connectivity index (χ4n) is 1.82. The van der Waals surface area contributed by atoms with Gasteiger partial charge in [0.25, 0.3) is 5.89 Å². The van der Waals surface area contributed by atoms with Crippen LogP contribution >= 0.6 is 11.6 Å². The molecule has 0 atom stereocenters. The van der Waals surface area contributed by atoms with Crippen molar-refractivity contribution in [3.63, 3.8) is 0 Å². The highest BCUT2D eigenvalue weighted by Crippen LogP contribution is 2.25. The number of aromatic nitrogens is 3. The third-order valence-corrected chi connectivity index (χ3v) is 3.17. The van der Waals surface area contributed by atoms with Gasteiger partial charge in [-0.15, -0.1) is 0 Å². The van der Waals surface area contributed by atoms with E-state index in [1.165, 1.54) is 24.4 Å². The second-order valence-electron chi connectivity index (χ2n) is 4.30. The Morgan fingerprint density at radius 3 is 2.90 bits per heavy atom. The van der Waals surface area contributed by atoms with Crippen LogP contribution in [0, 0.1) is 5.82 Å². The Morgan fingerprint density at radius 2 is 2.14 bits per heavy atom. The monoisotopic (exact) mass is 305 g/mol. The molecule has 0 saturated carbocycles. The molecule has 1 N–H and O–H groups in total. The highest BCUT2D eigenvalue weighted by atomic mass is 35.5. The van der Waals surface area contributed by atoms with Gasteiger partial charge in [0.05, 0.1) is 0 Å². The first-order chi connectivity index (χ1) is 10.1. The summed E-state index contributed by atoms with van der Waals surface area (Å²) >= 11 is 5.95. The van der Waals surface area contributed by atoms with Crippen LogP contribution in [0.4, 0.5) is 4.39 Å². The van der Waals surface area contributed by atoms with E-state index in [2.05, 4.69) is 15.1 Å². The fourth-order valence-corrected chi connectivity index (χ4v) is 2.05. The van der Waals surface area contributed by atoms with Gasteiger partial charge in [-0.1, -0.05) is 22.8 Å². The van der Waals surface area contributed by atoms with E-state index >= 15 is 0 Å². The van der Waals surface area contributed by atoms with Gasteiger partial charge in [-0.2, -0.15) is 4.98 Å². The first kappa shape index (κ1) is 13.5. The summed E-state index contributed by atoms with van der Waals surface area (Å²) in [4.78, 5) is 8.12. The molecule has 0 unspecified atom stereocenters. The quantitative estimate of drug-likeness (QED) is 0.804. The zero-order chi connectivity index (χ0) is 14.8. The van der Waals surface area contributed by atoms with Crippen LogP contribution in [0.25, 0.3) is 11.6 Å². The summed E-state index contributed by atoms with van der Waals surface area (Å²) in [7, 11) is 0. The second-order valence-corrected chi connectivity index (χ2v) is 4.71. The highest BCUT2D eigenvalue weighted by Gasteiger charge is 2.15. The van der Waals surface area contributed by atoms with Crippen LogP contribution in [-0.2, 0) is 6.42 Å². The summed E-state index contributed by atoms with van der Waals surface area (Å²) in [6.07, 6.45) is 1.80. The number of pyridine rings is 1. The number of benzene rings is 1.